The fourth-order valence-electron chi connectivity index (χ4n) is 4.24. The molecule has 1 saturated heterocycles. The van der Waals surface area contributed by atoms with E-state index in [0.29, 0.717) is 26.1 Å². The molecule has 1 atom stereocenters. The summed E-state index contributed by atoms with van der Waals surface area (Å²) in [5.41, 5.74) is 3.41. The molecule has 2 aliphatic rings. The number of anilines is 1. The van der Waals surface area contributed by atoms with Crippen molar-refractivity contribution in [3.63, 3.8) is 0 Å². The van der Waals surface area contributed by atoms with Crippen molar-refractivity contribution in [2.45, 2.75) is 25.3 Å². The topological polar surface area (TPSA) is 61.9 Å². The van der Waals surface area contributed by atoms with Gasteiger partial charge in [-0.2, -0.15) is 0 Å². The van der Waals surface area contributed by atoms with Crippen LogP contribution < -0.4 is 15.0 Å². The van der Waals surface area contributed by atoms with E-state index < -0.39 is 5.41 Å². The Kier molecular flexibility index (Phi) is 4.49. The van der Waals surface area contributed by atoms with Gasteiger partial charge in [0.1, 0.15) is 5.75 Å². The number of methoxy groups -OCH3 is 1. The van der Waals surface area contributed by atoms with Crippen LogP contribution in [-0.4, -0.2) is 44.1 Å². The van der Waals surface area contributed by atoms with E-state index in [9.17, 15) is 9.59 Å². The van der Waals surface area contributed by atoms with Crippen molar-refractivity contribution < 1.29 is 14.3 Å². The zero-order valence-corrected chi connectivity index (χ0v) is 16.5. The molecule has 28 heavy (non-hydrogen) atoms. The van der Waals surface area contributed by atoms with E-state index in [1.54, 1.807) is 24.0 Å². The van der Waals surface area contributed by atoms with Crippen molar-refractivity contribution in [2.24, 2.45) is 0 Å². The molecule has 4 rings (SSSR count). The zero-order valence-electron chi connectivity index (χ0n) is 16.5. The Morgan fingerprint density at radius 1 is 1.21 bits per heavy atom. The van der Waals surface area contributed by atoms with Crippen molar-refractivity contribution in [1.82, 2.24) is 10.2 Å². The van der Waals surface area contributed by atoms with Gasteiger partial charge in [-0.05, 0) is 42.7 Å². The first-order valence-corrected chi connectivity index (χ1v) is 9.49. The first kappa shape index (κ1) is 18.3. The molecular formula is C22H25N3O3. The highest BCUT2D eigenvalue weighted by molar-refractivity contribution is 6.08. The van der Waals surface area contributed by atoms with E-state index in [1.807, 2.05) is 49.4 Å². The maximum absolute atomic E-state index is 13.1. The molecule has 0 radical (unpaired) electrons. The average molecular weight is 379 g/mol. The second-order valence-corrected chi connectivity index (χ2v) is 7.65. The van der Waals surface area contributed by atoms with Gasteiger partial charge in [0.05, 0.1) is 12.5 Å². The number of carbonyl (C=O) groups excluding carboxylic acids is 2. The highest BCUT2D eigenvalue weighted by atomic mass is 16.5. The third-order valence-electron chi connectivity index (χ3n) is 5.92. The number of likely N-dealkylation sites (tertiary alicyclic amines) is 1. The molecule has 2 aliphatic heterocycles. The van der Waals surface area contributed by atoms with E-state index in [-0.39, 0.29) is 11.9 Å². The van der Waals surface area contributed by atoms with Crippen molar-refractivity contribution in [2.75, 3.05) is 32.1 Å². The molecule has 146 valence electrons. The second kappa shape index (κ2) is 6.86. The van der Waals surface area contributed by atoms with Gasteiger partial charge in [-0.1, -0.05) is 29.8 Å². The molecule has 1 spiro atoms. The number of nitrogens with zero attached hydrogens (tertiary/aromatic N) is 2. The number of nitrogens with one attached hydrogen (secondary N) is 1. The van der Waals surface area contributed by atoms with Crippen LogP contribution in [0.15, 0.2) is 42.5 Å². The van der Waals surface area contributed by atoms with Crippen LogP contribution >= 0.6 is 0 Å². The summed E-state index contributed by atoms with van der Waals surface area (Å²) in [7, 11) is 3.41. The average Bonchev–Trinajstić information content (AvgIpc) is 3.25. The van der Waals surface area contributed by atoms with Gasteiger partial charge >= 0.3 is 6.03 Å². The summed E-state index contributed by atoms with van der Waals surface area (Å²) >= 11 is 0. The van der Waals surface area contributed by atoms with Crippen molar-refractivity contribution in [3.05, 3.63) is 59.2 Å². The fourth-order valence-corrected chi connectivity index (χ4v) is 4.24. The molecule has 1 N–H and O–H groups in total. The quantitative estimate of drug-likeness (QED) is 0.892. The second-order valence-electron chi connectivity index (χ2n) is 7.65. The third-order valence-corrected chi connectivity index (χ3v) is 5.92. The maximum Gasteiger partial charge on any atom is 0.317 e. The van der Waals surface area contributed by atoms with E-state index >= 15 is 0 Å². The summed E-state index contributed by atoms with van der Waals surface area (Å²) in [5.74, 6) is 0.771. The van der Waals surface area contributed by atoms with Crippen LogP contribution in [0.5, 0.6) is 5.75 Å². The highest BCUT2D eigenvalue weighted by Gasteiger charge is 2.54. The molecule has 0 bridgehead atoms. The smallest absolute Gasteiger partial charge is 0.317 e. The predicted octanol–water partition coefficient (Wildman–Crippen LogP) is 2.83. The number of hydrogen-bond donors (Lipinski definition) is 1. The maximum atomic E-state index is 13.1. The minimum Gasteiger partial charge on any atom is -0.497 e. The molecule has 2 heterocycles. The lowest BCUT2D eigenvalue weighted by Crippen LogP contribution is -2.44. The van der Waals surface area contributed by atoms with Crippen LogP contribution in [-0.2, 0) is 16.8 Å². The van der Waals surface area contributed by atoms with Gasteiger partial charge in [-0.3, -0.25) is 4.79 Å². The zero-order chi connectivity index (χ0) is 19.9. The molecule has 0 unspecified atom stereocenters. The van der Waals surface area contributed by atoms with E-state index in [1.165, 1.54) is 5.56 Å². The number of hydrogen-bond acceptors (Lipinski definition) is 3. The Balaban J connectivity index is 1.51. The van der Waals surface area contributed by atoms with Gasteiger partial charge in [-0.15, -0.1) is 0 Å². The molecule has 2 aromatic rings. The molecule has 6 nitrogen and oxygen atoms in total. The van der Waals surface area contributed by atoms with E-state index in [2.05, 4.69) is 5.32 Å². The molecule has 3 amide bonds. The third kappa shape index (κ3) is 2.89. The van der Waals surface area contributed by atoms with Crippen molar-refractivity contribution in [3.8, 4) is 5.75 Å². The van der Waals surface area contributed by atoms with Gasteiger partial charge < -0.3 is 19.9 Å². The first-order chi connectivity index (χ1) is 13.4. The largest absolute Gasteiger partial charge is 0.497 e. The summed E-state index contributed by atoms with van der Waals surface area (Å²) < 4.78 is 5.36. The van der Waals surface area contributed by atoms with E-state index in [0.717, 1.165) is 22.6 Å². The number of urea groups is 1. The molecular weight excluding hydrogens is 354 g/mol. The number of likely N-dealkylation sites (N-methyl/N-ethyl adjacent to an activating group) is 1. The lowest BCUT2D eigenvalue weighted by molar-refractivity contribution is -0.122. The van der Waals surface area contributed by atoms with Gasteiger partial charge in [-0.25, -0.2) is 4.79 Å². The van der Waals surface area contributed by atoms with Gasteiger partial charge in [0, 0.05) is 32.4 Å². The number of rotatable bonds is 3. The van der Waals surface area contributed by atoms with Gasteiger partial charge in [0.25, 0.3) is 0 Å². The summed E-state index contributed by atoms with van der Waals surface area (Å²) in [4.78, 5) is 29.2. The number of benzene rings is 2. The van der Waals surface area contributed by atoms with Crippen molar-refractivity contribution >= 4 is 17.6 Å². The fraction of sp³-hybridized carbons (Fsp3) is 0.364. The Bertz CT molecular complexity index is 925. The molecule has 1 fully saturated rings. The SMILES string of the molecule is COc1ccc2c(c1)[C@]1(CCN(C(=O)NCc3ccc(C)cc3)C1)C(=O)N2C. The van der Waals surface area contributed by atoms with Crippen molar-refractivity contribution in [1.29, 1.82) is 0 Å². The Labute approximate surface area is 165 Å². The first-order valence-electron chi connectivity index (χ1n) is 9.49. The Morgan fingerprint density at radius 3 is 2.68 bits per heavy atom. The highest BCUT2D eigenvalue weighted by Crippen LogP contribution is 2.47. The summed E-state index contributed by atoms with van der Waals surface area (Å²) in [6.07, 6.45) is 0.619. The summed E-state index contributed by atoms with van der Waals surface area (Å²) in [6.45, 7) is 3.45. The molecule has 2 aromatic carbocycles. The number of amides is 3. The number of aryl methyl sites for hydroxylation is 1. The monoisotopic (exact) mass is 379 g/mol. The summed E-state index contributed by atoms with van der Waals surface area (Å²) in [6, 6.07) is 13.7. The van der Waals surface area contributed by atoms with Crippen LogP contribution in [0.2, 0.25) is 0 Å². The Hall–Kier alpha value is -3.02. The number of ether oxygens (including phenoxy) is 1. The number of carbonyl (C=O) groups is 2. The lowest BCUT2D eigenvalue weighted by Gasteiger charge is -2.24. The van der Waals surface area contributed by atoms with Gasteiger partial charge in [0.15, 0.2) is 0 Å². The Morgan fingerprint density at radius 2 is 1.96 bits per heavy atom. The molecule has 6 heteroatoms. The molecule has 0 saturated carbocycles. The van der Waals surface area contributed by atoms with Crippen LogP contribution in [0, 0.1) is 6.92 Å². The van der Waals surface area contributed by atoms with Crippen LogP contribution in [0.25, 0.3) is 0 Å². The molecule has 0 aliphatic carbocycles. The standard InChI is InChI=1S/C22H25N3O3/c1-15-4-6-16(7-5-15)13-23-21(27)25-11-10-22(14-25)18-12-17(28-3)8-9-19(18)24(2)20(22)26/h4-9,12H,10-11,13-14H2,1-3H3,(H,23,27)/t22-/m1/s1. The minimum atomic E-state index is -0.681. The lowest BCUT2D eigenvalue weighted by atomic mass is 9.81. The predicted molar refractivity (Wildman–Crippen MR) is 108 cm³/mol. The summed E-state index contributed by atoms with van der Waals surface area (Å²) in [5, 5.41) is 2.98. The van der Waals surface area contributed by atoms with Crippen LogP contribution in [0.1, 0.15) is 23.1 Å². The van der Waals surface area contributed by atoms with Crippen LogP contribution in [0.4, 0.5) is 10.5 Å². The van der Waals surface area contributed by atoms with E-state index in [4.69, 9.17) is 4.74 Å². The van der Waals surface area contributed by atoms with Gasteiger partial charge in [0.2, 0.25) is 5.91 Å². The normalized spacial score (nSPS) is 20.6. The minimum absolute atomic E-state index is 0.0459. The van der Waals surface area contributed by atoms with Crippen LogP contribution in [0.3, 0.4) is 0 Å². The molecule has 0 aromatic heterocycles. The number of fused-ring (bicyclic) bond motifs is 2.